The molecule has 6 heteroatoms. The minimum absolute atomic E-state index is 0.106. The highest BCUT2D eigenvalue weighted by Gasteiger charge is 2.45. The van der Waals surface area contributed by atoms with Gasteiger partial charge in [0.05, 0.1) is 38.8 Å². The number of para-hydroxylation sites is 5. The highest BCUT2D eigenvalue weighted by Crippen LogP contribution is 2.51. The lowest BCUT2D eigenvalue weighted by Gasteiger charge is -2.45. The standard InChI is InChI=1S/C104H78BN5/c1-103(2,3)77-55-76(56-78(62-77)104(4,5)6)71-47-50-90-98(61-71)109(81-57-72(67-29-11-7-12-30-67)53-73(58-81)68-31-13-8-14-32-68)100-65-83(108-96-46-28-23-41-88(96)89-63-79(49-52-97(89)108)106-92-42-24-19-37-84(92)85-38-20-25-43-93(85)106)66-101-102(100)105(90)91-51-48-80(107-94-44-26-21-39-86(94)87-40-22-27-45-95(87)107)64-99(91)110(101)82-59-74(69-33-15-9-16-34-69)54-75(60-82)70-35-17-10-18-36-70/h7-66H,1-6H3. The van der Waals surface area contributed by atoms with Crippen LogP contribution < -0.4 is 26.2 Å². The minimum atomic E-state index is -0.248. The summed E-state index contributed by atoms with van der Waals surface area (Å²) < 4.78 is 7.51. The molecule has 5 nitrogen and oxygen atoms in total. The van der Waals surface area contributed by atoms with Gasteiger partial charge in [-0.2, -0.15) is 0 Å². The van der Waals surface area contributed by atoms with E-state index in [1.54, 1.807) is 0 Å². The monoisotopic (exact) mass is 1410 g/mol. The molecule has 0 amide bonds. The summed E-state index contributed by atoms with van der Waals surface area (Å²) in [6, 6.07) is 138. The van der Waals surface area contributed by atoms with Crippen molar-refractivity contribution in [2.75, 3.05) is 9.80 Å². The van der Waals surface area contributed by atoms with E-state index >= 15 is 0 Å². The fourth-order valence-electron chi connectivity index (χ4n) is 18.1. The summed E-state index contributed by atoms with van der Waals surface area (Å²) in [6.07, 6.45) is 0. The van der Waals surface area contributed by atoms with Crippen LogP contribution in [0.2, 0.25) is 0 Å². The van der Waals surface area contributed by atoms with E-state index in [1.165, 1.54) is 82.0 Å². The summed E-state index contributed by atoms with van der Waals surface area (Å²) in [6.45, 7) is 13.8. The van der Waals surface area contributed by atoms with Crippen LogP contribution >= 0.6 is 0 Å². The highest BCUT2D eigenvalue weighted by molar-refractivity contribution is 7.00. The van der Waals surface area contributed by atoms with Gasteiger partial charge < -0.3 is 23.5 Å². The molecule has 0 radical (unpaired) electrons. The number of fused-ring (bicyclic) bond motifs is 13. The number of rotatable bonds is 10. The molecule has 0 spiro atoms. The average molecular weight is 1410 g/mol. The van der Waals surface area contributed by atoms with Crippen molar-refractivity contribution in [1.82, 2.24) is 13.7 Å². The van der Waals surface area contributed by atoms with Gasteiger partial charge in [0, 0.05) is 77.8 Å². The summed E-state index contributed by atoms with van der Waals surface area (Å²) in [5, 5.41) is 7.27. The summed E-state index contributed by atoms with van der Waals surface area (Å²) >= 11 is 0. The molecule has 110 heavy (non-hydrogen) atoms. The maximum Gasteiger partial charge on any atom is 0.252 e. The molecule has 3 aromatic heterocycles. The van der Waals surface area contributed by atoms with Crippen molar-refractivity contribution in [1.29, 1.82) is 0 Å². The molecule has 0 saturated carbocycles. The quantitative estimate of drug-likeness (QED) is 0.127. The van der Waals surface area contributed by atoms with E-state index in [-0.39, 0.29) is 17.5 Å². The first-order valence-corrected chi connectivity index (χ1v) is 38.6. The van der Waals surface area contributed by atoms with E-state index < -0.39 is 0 Å². The van der Waals surface area contributed by atoms with E-state index in [4.69, 9.17) is 0 Å². The predicted molar refractivity (Wildman–Crippen MR) is 468 cm³/mol. The third-order valence-corrected chi connectivity index (χ3v) is 23.4. The second-order valence-corrected chi connectivity index (χ2v) is 32.1. The molecule has 0 bridgehead atoms. The molecule has 2 aliphatic heterocycles. The van der Waals surface area contributed by atoms with Crippen LogP contribution in [0.5, 0.6) is 0 Å². The lowest BCUT2D eigenvalue weighted by atomic mass is 9.33. The van der Waals surface area contributed by atoms with Crippen molar-refractivity contribution in [3.8, 4) is 72.7 Å². The number of hydrogen-bond acceptors (Lipinski definition) is 2. The van der Waals surface area contributed by atoms with Crippen molar-refractivity contribution in [2.45, 2.75) is 52.4 Å². The van der Waals surface area contributed by atoms with Crippen LogP contribution in [0.25, 0.3) is 138 Å². The lowest BCUT2D eigenvalue weighted by molar-refractivity contribution is 0.569. The zero-order chi connectivity index (χ0) is 73.7. The number of benzene rings is 16. The molecule has 0 N–H and O–H groups in total. The number of nitrogens with zero attached hydrogens (tertiary/aromatic N) is 5. The number of aromatic nitrogens is 3. The van der Waals surface area contributed by atoms with Crippen molar-refractivity contribution < 1.29 is 0 Å². The molecule has 0 aliphatic carbocycles. The highest BCUT2D eigenvalue weighted by atomic mass is 15.2. The van der Waals surface area contributed by atoms with E-state index in [0.717, 1.165) is 118 Å². The Balaban J connectivity index is 0.917. The Hall–Kier alpha value is -13.4. The molecule has 522 valence electrons. The van der Waals surface area contributed by atoms with Gasteiger partial charge in [0.15, 0.2) is 0 Å². The van der Waals surface area contributed by atoms with Gasteiger partial charge in [-0.3, -0.25) is 0 Å². The van der Waals surface area contributed by atoms with Crippen LogP contribution in [0.15, 0.2) is 364 Å². The molecule has 0 fully saturated rings. The molecular formula is C104H78BN5. The Morgan fingerprint density at radius 1 is 0.200 bits per heavy atom. The predicted octanol–water partition coefficient (Wildman–Crippen LogP) is 26.0. The van der Waals surface area contributed by atoms with Crippen LogP contribution in [0, 0.1) is 0 Å². The third-order valence-electron chi connectivity index (χ3n) is 23.4. The van der Waals surface area contributed by atoms with Gasteiger partial charge >= 0.3 is 0 Å². The van der Waals surface area contributed by atoms with E-state index in [9.17, 15) is 0 Å². The summed E-state index contributed by atoms with van der Waals surface area (Å²) in [5.41, 5.74) is 34.3. The largest absolute Gasteiger partial charge is 0.311 e. The minimum Gasteiger partial charge on any atom is -0.311 e. The van der Waals surface area contributed by atoms with Crippen LogP contribution in [0.1, 0.15) is 52.7 Å². The van der Waals surface area contributed by atoms with Gasteiger partial charge in [0.2, 0.25) is 0 Å². The molecular weight excluding hydrogens is 1330 g/mol. The Bertz CT molecular complexity index is 6670. The smallest absolute Gasteiger partial charge is 0.252 e. The average Bonchev–Trinajstić information content (AvgIpc) is 1.28. The van der Waals surface area contributed by atoms with Crippen molar-refractivity contribution >= 4 is 123 Å². The second-order valence-electron chi connectivity index (χ2n) is 32.1. The van der Waals surface area contributed by atoms with Gasteiger partial charge in [-0.05, 0) is 209 Å². The van der Waals surface area contributed by atoms with E-state index in [0.29, 0.717) is 0 Å². The van der Waals surface area contributed by atoms with Crippen LogP contribution in [-0.2, 0) is 10.8 Å². The number of hydrogen-bond donors (Lipinski definition) is 0. The number of anilines is 6. The molecule has 0 unspecified atom stereocenters. The Labute approximate surface area is 642 Å². The Kier molecular flexibility index (Phi) is 14.8. The van der Waals surface area contributed by atoms with Crippen molar-refractivity contribution in [3.63, 3.8) is 0 Å². The maximum atomic E-state index is 2.66. The molecule has 0 atom stereocenters. The molecule has 19 aromatic rings. The molecule has 16 aromatic carbocycles. The van der Waals surface area contributed by atoms with Gasteiger partial charge in [-0.25, -0.2) is 0 Å². The normalized spacial score (nSPS) is 12.8. The van der Waals surface area contributed by atoms with Gasteiger partial charge in [0.1, 0.15) is 0 Å². The summed E-state index contributed by atoms with van der Waals surface area (Å²) in [7, 11) is 0. The third kappa shape index (κ3) is 10.5. The molecule has 21 rings (SSSR count). The van der Waals surface area contributed by atoms with Crippen LogP contribution in [0.4, 0.5) is 34.1 Å². The fourth-order valence-corrected chi connectivity index (χ4v) is 18.1. The van der Waals surface area contributed by atoms with E-state index in [2.05, 4.69) is 429 Å². The summed E-state index contributed by atoms with van der Waals surface area (Å²) in [5.74, 6) is 0. The lowest BCUT2D eigenvalue weighted by Crippen LogP contribution is -2.61. The first kappa shape index (κ1) is 64.9. The van der Waals surface area contributed by atoms with Crippen LogP contribution in [-0.4, -0.2) is 20.4 Å². The zero-order valence-electron chi connectivity index (χ0n) is 62.5. The Morgan fingerprint density at radius 2 is 0.509 bits per heavy atom. The zero-order valence-corrected chi connectivity index (χ0v) is 62.5. The molecule has 5 heterocycles. The van der Waals surface area contributed by atoms with Gasteiger partial charge in [0.25, 0.3) is 6.71 Å². The maximum absolute atomic E-state index is 2.66. The SMILES string of the molecule is CC(C)(C)c1cc(-c2ccc3c(c2)N(c2cc(-c4ccccc4)cc(-c4ccccc4)c2)c2cc(-n4c5ccccc5c5cc(-n6c7ccccc7c7ccccc76)ccc54)cc4c2B3c2ccc(-n3c5ccccc5c5ccccc53)cc2N4c2cc(-c3ccccc3)cc(-c3ccccc3)c2)cc(C(C)(C)C)c1. The summed E-state index contributed by atoms with van der Waals surface area (Å²) in [4.78, 5) is 5.31. The molecule has 2 aliphatic rings. The fraction of sp³-hybridized carbons (Fsp3) is 0.0769. The van der Waals surface area contributed by atoms with Crippen molar-refractivity contribution in [3.05, 3.63) is 375 Å². The van der Waals surface area contributed by atoms with Crippen molar-refractivity contribution in [2.24, 2.45) is 0 Å². The topological polar surface area (TPSA) is 21.3 Å². The first-order valence-electron chi connectivity index (χ1n) is 38.6. The Morgan fingerprint density at radius 3 is 0.909 bits per heavy atom. The first-order chi connectivity index (χ1) is 53.8. The van der Waals surface area contributed by atoms with Gasteiger partial charge in [-0.15, -0.1) is 0 Å². The van der Waals surface area contributed by atoms with Gasteiger partial charge in [-0.1, -0.05) is 290 Å². The van der Waals surface area contributed by atoms with Crippen LogP contribution in [0.3, 0.4) is 0 Å². The van der Waals surface area contributed by atoms with E-state index in [1.807, 2.05) is 0 Å². The second kappa shape index (κ2) is 25.1. The molecule has 0 saturated heterocycles.